The summed E-state index contributed by atoms with van der Waals surface area (Å²) in [5, 5.41) is 0. The predicted molar refractivity (Wildman–Crippen MR) is 127 cm³/mol. The molecule has 0 N–H and O–H groups in total. The second kappa shape index (κ2) is 19.6. The lowest BCUT2D eigenvalue weighted by Gasteiger charge is -2.19. The van der Waals surface area contributed by atoms with E-state index in [4.69, 9.17) is 33.2 Å². The van der Waals surface area contributed by atoms with Crippen molar-refractivity contribution in [2.24, 2.45) is 0 Å². The molecule has 0 aliphatic rings. The van der Waals surface area contributed by atoms with E-state index in [1.165, 1.54) is 0 Å². The van der Waals surface area contributed by atoms with Gasteiger partial charge in [0.15, 0.2) is 0 Å². The number of halogens is 5. The summed E-state index contributed by atoms with van der Waals surface area (Å²) in [6.45, 7) is 7.71. The molecule has 15 heteroatoms. The Morgan fingerprint density at radius 2 is 0.875 bits per heavy atom. The third-order valence-electron chi connectivity index (χ3n) is 4.34. The number of hydrogen-bond acceptors (Lipinski definition) is 10. The zero-order chi connectivity index (χ0) is 30.0. The van der Waals surface area contributed by atoms with Crippen molar-refractivity contribution in [1.29, 1.82) is 0 Å². The largest absolute Gasteiger partial charge is 0.458 e. The standard InChI is InChI=1S/C25H35F5O10/c1-25(2,3)40-18(32)16-38-15-14-37-13-12-36-11-10-35-9-8-34-7-6-33-5-4-17(31)39-24-22(29)20(27)19(26)21(28)23(24)30/h4-16H2,1-3H3. The van der Waals surface area contributed by atoms with Crippen LogP contribution in [0.25, 0.3) is 0 Å². The summed E-state index contributed by atoms with van der Waals surface area (Å²) in [6.07, 6.45) is -0.491. The van der Waals surface area contributed by atoms with Crippen LogP contribution in [0.2, 0.25) is 0 Å². The quantitative estimate of drug-likeness (QED) is 0.0529. The van der Waals surface area contributed by atoms with E-state index in [1.54, 1.807) is 20.8 Å². The molecular formula is C25H35F5O10. The van der Waals surface area contributed by atoms with E-state index < -0.39 is 58.8 Å². The summed E-state index contributed by atoms with van der Waals surface area (Å²) in [7, 11) is 0. The van der Waals surface area contributed by atoms with E-state index in [0.29, 0.717) is 39.6 Å². The van der Waals surface area contributed by atoms with Gasteiger partial charge in [0.2, 0.25) is 34.8 Å². The van der Waals surface area contributed by atoms with Gasteiger partial charge in [-0.05, 0) is 20.8 Å². The van der Waals surface area contributed by atoms with Gasteiger partial charge in [0.1, 0.15) is 12.2 Å². The van der Waals surface area contributed by atoms with E-state index in [2.05, 4.69) is 4.74 Å². The van der Waals surface area contributed by atoms with Gasteiger partial charge in [-0.15, -0.1) is 0 Å². The van der Waals surface area contributed by atoms with Gasteiger partial charge in [-0.1, -0.05) is 0 Å². The number of hydrogen-bond donors (Lipinski definition) is 0. The van der Waals surface area contributed by atoms with Crippen LogP contribution >= 0.6 is 0 Å². The number of carbonyl (C=O) groups is 2. The monoisotopic (exact) mass is 590 g/mol. The minimum Gasteiger partial charge on any atom is -0.458 e. The molecule has 1 aromatic rings. The van der Waals surface area contributed by atoms with Gasteiger partial charge < -0.3 is 37.9 Å². The van der Waals surface area contributed by atoms with Crippen LogP contribution in [0.5, 0.6) is 5.75 Å². The molecule has 0 aromatic heterocycles. The van der Waals surface area contributed by atoms with Gasteiger partial charge in [0.05, 0.1) is 79.1 Å². The van der Waals surface area contributed by atoms with Crippen LogP contribution in [0.15, 0.2) is 0 Å². The molecule has 0 saturated carbocycles. The summed E-state index contributed by atoms with van der Waals surface area (Å²) in [5.74, 6) is -14.6. The van der Waals surface area contributed by atoms with Gasteiger partial charge in [-0.25, -0.2) is 18.0 Å². The summed E-state index contributed by atoms with van der Waals surface area (Å²) >= 11 is 0. The lowest BCUT2D eigenvalue weighted by atomic mass is 10.2. The van der Waals surface area contributed by atoms with Crippen LogP contribution in [-0.2, 0) is 42.7 Å². The maximum Gasteiger partial charge on any atom is 0.332 e. The molecule has 0 bridgehead atoms. The van der Waals surface area contributed by atoms with Gasteiger partial charge in [0.25, 0.3) is 0 Å². The van der Waals surface area contributed by atoms with Gasteiger partial charge >= 0.3 is 11.9 Å². The average Bonchev–Trinajstić information content (AvgIpc) is 2.89. The first-order valence-corrected chi connectivity index (χ1v) is 12.3. The minimum absolute atomic E-state index is 0.0744. The van der Waals surface area contributed by atoms with Gasteiger partial charge in [-0.2, -0.15) is 8.78 Å². The Morgan fingerprint density at radius 1 is 0.525 bits per heavy atom. The fraction of sp³-hybridized carbons (Fsp3) is 0.680. The van der Waals surface area contributed by atoms with Crippen molar-refractivity contribution in [3.05, 3.63) is 29.1 Å². The van der Waals surface area contributed by atoms with E-state index in [-0.39, 0.29) is 39.6 Å². The molecule has 0 aliphatic carbocycles. The maximum absolute atomic E-state index is 13.5. The first-order chi connectivity index (χ1) is 18.9. The number of benzene rings is 1. The summed E-state index contributed by atoms with van der Waals surface area (Å²) in [4.78, 5) is 23.0. The molecule has 230 valence electrons. The van der Waals surface area contributed by atoms with E-state index in [1.807, 2.05) is 0 Å². The SMILES string of the molecule is CC(C)(C)OC(=O)COCCOCCOCCOCCOCCOCCC(=O)Oc1c(F)c(F)c(F)c(F)c1F. The molecule has 0 amide bonds. The first-order valence-electron chi connectivity index (χ1n) is 12.3. The number of ether oxygens (including phenoxy) is 8. The van der Waals surface area contributed by atoms with Crippen LogP contribution in [-0.4, -0.2) is 96.8 Å². The Bertz CT molecular complexity index is 882. The molecule has 0 aliphatic heterocycles. The molecular weight excluding hydrogens is 555 g/mol. The third-order valence-corrected chi connectivity index (χ3v) is 4.34. The fourth-order valence-electron chi connectivity index (χ4n) is 2.62. The Balaban J connectivity index is 1.89. The Hall–Kier alpha value is -2.43. The molecule has 1 rings (SSSR count). The lowest BCUT2D eigenvalue weighted by molar-refractivity contribution is -0.160. The van der Waals surface area contributed by atoms with Crippen molar-refractivity contribution in [3.8, 4) is 5.75 Å². The smallest absolute Gasteiger partial charge is 0.332 e. The van der Waals surface area contributed by atoms with Crippen LogP contribution < -0.4 is 4.74 Å². The van der Waals surface area contributed by atoms with Gasteiger partial charge in [-0.3, -0.25) is 4.79 Å². The Labute approximate surface area is 228 Å². The first kappa shape index (κ1) is 35.6. The van der Waals surface area contributed by atoms with Crippen molar-refractivity contribution in [1.82, 2.24) is 0 Å². The van der Waals surface area contributed by atoms with E-state index in [0.717, 1.165) is 0 Å². The van der Waals surface area contributed by atoms with Crippen molar-refractivity contribution in [3.63, 3.8) is 0 Å². The molecule has 0 saturated heterocycles. The van der Waals surface area contributed by atoms with Crippen LogP contribution in [0.3, 0.4) is 0 Å². The zero-order valence-corrected chi connectivity index (χ0v) is 22.7. The highest BCUT2D eigenvalue weighted by Crippen LogP contribution is 2.29. The average molecular weight is 591 g/mol. The molecule has 0 unspecified atom stereocenters. The van der Waals surface area contributed by atoms with Crippen molar-refractivity contribution >= 4 is 11.9 Å². The van der Waals surface area contributed by atoms with Crippen molar-refractivity contribution < 1.29 is 69.4 Å². The van der Waals surface area contributed by atoms with Crippen molar-refractivity contribution in [2.45, 2.75) is 32.8 Å². The molecule has 0 atom stereocenters. The predicted octanol–water partition coefficient (Wildman–Crippen LogP) is 3.12. The van der Waals surface area contributed by atoms with E-state index in [9.17, 15) is 31.5 Å². The molecule has 0 heterocycles. The summed E-state index contributed by atoms with van der Waals surface area (Å²) in [5.41, 5.74) is -0.552. The highest BCUT2D eigenvalue weighted by Gasteiger charge is 2.28. The van der Waals surface area contributed by atoms with Crippen LogP contribution in [0, 0.1) is 29.1 Å². The highest BCUT2D eigenvalue weighted by atomic mass is 19.2. The number of esters is 2. The highest BCUT2D eigenvalue weighted by molar-refractivity contribution is 5.72. The molecule has 0 spiro atoms. The molecule has 40 heavy (non-hydrogen) atoms. The summed E-state index contributed by atoms with van der Waals surface area (Å²) in [6, 6.07) is 0. The molecule has 1 aromatic carbocycles. The Morgan fingerprint density at radius 3 is 1.27 bits per heavy atom. The molecule has 0 radical (unpaired) electrons. The number of rotatable bonds is 21. The zero-order valence-electron chi connectivity index (χ0n) is 22.7. The topological polar surface area (TPSA) is 108 Å². The second-order valence-electron chi connectivity index (χ2n) is 8.82. The summed E-state index contributed by atoms with van der Waals surface area (Å²) < 4.78 is 107. The second-order valence-corrected chi connectivity index (χ2v) is 8.82. The fourth-order valence-corrected chi connectivity index (χ4v) is 2.62. The molecule has 10 nitrogen and oxygen atoms in total. The van der Waals surface area contributed by atoms with Crippen molar-refractivity contribution in [2.75, 3.05) is 79.3 Å². The number of carbonyl (C=O) groups excluding carboxylic acids is 2. The lowest BCUT2D eigenvalue weighted by Crippen LogP contribution is -2.27. The minimum atomic E-state index is -2.35. The molecule has 0 fully saturated rings. The van der Waals surface area contributed by atoms with Crippen LogP contribution in [0.1, 0.15) is 27.2 Å². The third kappa shape index (κ3) is 15.4. The maximum atomic E-state index is 13.5. The Kier molecular flexibility index (Phi) is 17.5. The van der Waals surface area contributed by atoms with E-state index >= 15 is 0 Å². The normalized spacial score (nSPS) is 11.6. The van der Waals surface area contributed by atoms with Gasteiger partial charge in [0, 0.05) is 0 Å². The van der Waals surface area contributed by atoms with Crippen LogP contribution in [0.4, 0.5) is 22.0 Å².